The molecule has 0 bridgehead atoms. The third-order valence-electron chi connectivity index (χ3n) is 2.23. The van der Waals surface area contributed by atoms with E-state index in [1.807, 2.05) is 31.2 Å². The zero-order valence-electron chi connectivity index (χ0n) is 9.51. The fourth-order valence-electron chi connectivity index (χ4n) is 1.45. The minimum atomic E-state index is -0.174. The predicted octanol–water partition coefficient (Wildman–Crippen LogP) is 3.24. The third-order valence-corrected chi connectivity index (χ3v) is 2.23. The summed E-state index contributed by atoms with van der Waals surface area (Å²) in [6.45, 7) is 1.98. The molecule has 1 heterocycles. The molecule has 0 saturated heterocycles. The molecule has 17 heavy (non-hydrogen) atoms. The summed E-state index contributed by atoms with van der Waals surface area (Å²) in [6.07, 6.45) is 4.64. The zero-order chi connectivity index (χ0) is 12.1. The van der Waals surface area contributed by atoms with Crippen molar-refractivity contribution < 1.29 is 9.21 Å². The van der Waals surface area contributed by atoms with Crippen LogP contribution in [-0.4, -0.2) is 5.91 Å². The lowest BCUT2D eigenvalue weighted by atomic mass is 10.2. The van der Waals surface area contributed by atoms with Gasteiger partial charge in [0.15, 0.2) is 0 Å². The Morgan fingerprint density at radius 2 is 2.18 bits per heavy atom. The Kier molecular flexibility index (Phi) is 3.40. The largest absolute Gasteiger partial charge is 0.465 e. The van der Waals surface area contributed by atoms with Gasteiger partial charge in [0, 0.05) is 11.8 Å². The summed E-state index contributed by atoms with van der Waals surface area (Å²) in [6, 6.07) is 11.2. The molecule has 0 fully saturated rings. The van der Waals surface area contributed by atoms with Crippen LogP contribution in [-0.2, 0) is 4.79 Å². The van der Waals surface area contributed by atoms with Crippen LogP contribution >= 0.6 is 0 Å². The molecule has 0 radical (unpaired) electrons. The molecule has 2 aromatic rings. The predicted molar refractivity (Wildman–Crippen MR) is 67.6 cm³/mol. The molecule has 2 rings (SSSR count). The summed E-state index contributed by atoms with van der Waals surface area (Å²) < 4.78 is 5.09. The maximum Gasteiger partial charge on any atom is 0.248 e. The van der Waals surface area contributed by atoms with E-state index in [1.54, 1.807) is 24.5 Å². The summed E-state index contributed by atoms with van der Waals surface area (Å²) in [5, 5.41) is 2.78. The van der Waals surface area contributed by atoms with Gasteiger partial charge in [0.25, 0.3) is 0 Å². The lowest BCUT2D eigenvalue weighted by Crippen LogP contribution is -2.07. The number of carbonyl (C=O) groups is 1. The number of benzene rings is 1. The van der Waals surface area contributed by atoms with Gasteiger partial charge in [-0.05, 0) is 42.8 Å². The number of furan rings is 1. The Morgan fingerprint density at radius 3 is 2.88 bits per heavy atom. The Bertz CT molecular complexity index is 527. The van der Waals surface area contributed by atoms with Crippen LogP contribution in [0.15, 0.2) is 53.2 Å². The van der Waals surface area contributed by atoms with Gasteiger partial charge in [0.2, 0.25) is 5.91 Å². The Labute approximate surface area is 99.8 Å². The second-order valence-corrected chi connectivity index (χ2v) is 3.71. The third kappa shape index (κ3) is 3.34. The minimum Gasteiger partial charge on any atom is -0.465 e. The van der Waals surface area contributed by atoms with Gasteiger partial charge >= 0.3 is 0 Å². The van der Waals surface area contributed by atoms with Crippen LogP contribution in [0, 0.1) is 6.92 Å². The van der Waals surface area contributed by atoms with Crippen LogP contribution in [0.4, 0.5) is 5.69 Å². The lowest BCUT2D eigenvalue weighted by molar-refractivity contribution is -0.111. The van der Waals surface area contributed by atoms with Gasteiger partial charge in [-0.15, -0.1) is 0 Å². The molecule has 86 valence electrons. The van der Waals surface area contributed by atoms with Crippen LogP contribution in [0.2, 0.25) is 0 Å². The molecule has 0 saturated carbocycles. The highest BCUT2D eigenvalue weighted by molar-refractivity contribution is 6.01. The van der Waals surface area contributed by atoms with Crippen LogP contribution in [0.3, 0.4) is 0 Å². The van der Waals surface area contributed by atoms with Gasteiger partial charge in [0.05, 0.1) is 6.26 Å². The molecule has 1 aromatic heterocycles. The fourth-order valence-corrected chi connectivity index (χ4v) is 1.45. The van der Waals surface area contributed by atoms with Crippen molar-refractivity contribution >= 4 is 17.7 Å². The summed E-state index contributed by atoms with van der Waals surface area (Å²) >= 11 is 0. The molecule has 1 aromatic carbocycles. The standard InChI is InChI=1S/C14H13NO2/c1-11-4-2-5-12(10-11)15-14(16)8-7-13-6-3-9-17-13/h2-10H,1H3,(H,15,16). The van der Waals surface area contributed by atoms with E-state index in [9.17, 15) is 4.79 Å². The Balaban J connectivity index is 1.98. The molecule has 0 aliphatic carbocycles. The van der Waals surface area contributed by atoms with E-state index < -0.39 is 0 Å². The maximum atomic E-state index is 11.6. The van der Waals surface area contributed by atoms with Gasteiger partial charge in [-0.2, -0.15) is 0 Å². The van der Waals surface area contributed by atoms with E-state index in [2.05, 4.69) is 5.32 Å². The number of anilines is 1. The summed E-state index contributed by atoms with van der Waals surface area (Å²) in [4.78, 5) is 11.6. The second-order valence-electron chi connectivity index (χ2n) is 3.71. The summed E-state index contributed by atoms with van der Waals surface area (Å²) in [5.74, 6) is 0.483. The summed E-state index contributed by atoms with van der Waals surface area (Å²) in [7, 11) is 0. The highest BCUT2D eigenvalue weighted by Gasteiger charge is 1.98. The monoisotopic (exact) mass is 227 g/mol. The van der Waals surface area contributed by atoms with Crippen molar-refractivity contribution in [3.8, 4) is 0 Å². The number of hydrogen-bond acceptors (Lipinski definition) is 2. The number of carbonyl (C=O) groups excluding carboxylic acids is 1. The molecular formula is C14H13NO2. The Morgan fingerprint density at radius 1 is 1.29 bits per heavy atom. The fraction of sp³-hybridized carbons (Fsp3) is 0.0714. The van der Waals surface area contributed by atoms with Gasteiger partial charge < -0.3 is 9.73 Å². The minimum absolute atomic E-state index is 0.174. The van der Waals surface area contributed by atoms with E-state index in [0.29, 0.717) is 5.76 Å². The number of aryl methyl sites for hydroxylation is 1. The molecule has 3 nitrogen and oxygen atoms in total. The summed E-state index contributed by atoms with van der Waals surface area (Å²) in [5.41, 5.74) is 1.90. The normalized spacial score (nSPS) is 10.6. The number of rotatable bonds is 3. The molecular weight excluding hydrogens is 214 g/mol. The number of hydrogen-bond donors (Lipinski definition) is 1. The molecule has 0 unspecified atom stereocenters. The molecule has 0 atom stereocenters. The first-order valence-corrected chi connectivity index (χ1v) is 5.33. The van der Waals surface area contributed by atoms with Crippen LogP contribution < -0.4 is 5.32 Å². The SMILES string of the molecule is Cc1cccc(NC(=O)C=Cc2ccco2)c1. The van der Waals surface area contributed by atoms with Crippen LogP contribution in [0.25, 0.3) is 6.08 Å². The van der Waals surface area contributed by atoms with Gasteiger partial charge in [0.1, 0.15) is 5.76 Å². The molecule has 0 aliphatic rings. The Hall–Kier alpha value is -2.29. The van der Waals surface area contributed by atoms with Crippen molar-refractivity contribution in [1.29, 1.82) is 0 Å². The molecule has 0 spiro atoms. The van der Waals surface area contributed by atoms with Crippen molar-refractivity contribution in [2.75, 3.05) is 5.32 Å². The van der Waals surface area contributed by atoms with Gasteiger partial charge in [-0.1, -0.05) is 12.1 Å². The average molecular weight is 227 g/mol. The highest BCUT2D eigenvalue weighted by Crippen LogP contribution is 2.09. The van der Waals surface area contributed by atoms with E-state index in [1.165, 1.54) is 6.08 Å². The van der Waals surface area contributed by atoms with E-state index >= 15 is 0 Å². The smallest absolute Gasteiger partial charge is 0.248 e. The van der Waals surface area contributed by atoms with Gasteiger partial charge in [-0.3, -0.25) is 4.79 Å². The zero-order valence-corrected chi connectivity index (χ0v) is 9.51. The molecule has 0 aliphatic heterocycles. The first-order valence-electron chi connectivity index (χ1n) is 5.33. The van der Waals surface area contributed by atoms with E-state index in [4.69, 9.17) is 4.42 Å². The van der Waals surface area contributed by atoms with Crippen molar-refractivity contribution in [3.05, 3.63) is 60.1 Å². The van der Waals surface area contributed by atoms with Crippen molar-refractivity contribution in [3.63, 3.8) is 0 Å². The van der Waals surface area contributed by atoms with Gasteiger partial charge in [-0.25, -0.2) is 0 Å². The first kappa shape index (κ1) is 11.2. The molecule has 1 amide bonds. The van der Waals surface area contributed by atoms with Crippen molar-refractivity contribution in [2.24, 2.45) is 0 Å². The quantitative estimate of drug-likeness (QED) is 0.818. The van der Waals surface area contributed by atoms with E-state index in [0.717, 1.165) is 11.3 Å². The van der Waals surface area contributed by atoms with Crippen molar-refractivity contribution in [2.45, 2.75) is 6.92 Å². The average Bonchev–Trinajstić information content (AvgIpc) is 2.79. The second kappa shape index (κ2) is 5.16. The van der Waals surface area contributed by atoms with Crippen molar-refractivity contribution in [1.82, 2.24) is 0 Å². The van der Waals surface area contributed by atoms with Crippen LogP contribution in [0.5, 0.6) is 0 Å². The highest BCUT2D eigenvalue weighted by atomic mass is 16.3. The molecule has 1 N–H and O–H groups in total. The topological polar surface area (TPSA) is 42.2 Å². The number of amides is 1. The number of nitrogens with one attached hydrogen (secondary N) is 1. The van der Waals surface area contributed by atoms with E-state index in [-0.39, 0.29) is 5.91 Å². The molecule has 3 heteroatoms. The maximum absolute atomic E-state index is 11.6. The van der Waals surface area contributed by atoms with Crippen LogP contribution in [0.1, 0.15) is 11.3 Å². The first-order chi connectivity index (χ1) is 8.24. The lowest BCUT2D eigenvalue weighted by Gasteiger charge is -2.02.